The fraction of sp³-hybridized carbons (Fsp3) is 0.333. The van der Waals surface area contributed by atoms with Gasteiger partial charge in [0.1, 0.15) is 0 Å². The van der Waals surface area contributed by atoms with Crippen LogP contribution in [0.3, 0.4) is 0 Å². The van der Waals surface area contributed by atoms with Crippen LogP contribution in [-0.4, -0.2) is 32.1 Å². The van der Waals surface area contributed by atoms with Gasteiger partial charge in [0, 0.05) is 16.6 Å². The van der Waals surface area contributed by atoms with E-state index in [-0.39, 0.29) is 18.4 Å². The van der Waals surface area contributed by atoms with Crippen LogP contribution >= 0.6 is 15.9 Å². The van der Waals surface area contributed by atoms with Crippen LogP contribution in [0.2, 0.25) is 0 Å². The number of nitrogens with one attached hydrogen (secondary N) is 2. The van der Waals surface area contributed by atoms with Crippen molar-refractivity contribution in [1.29, 1.82) is 0 Å². The van der Waals surface area contributed by atoms with E-state index in [2.05, 4.69) is 33.5 Å². The predicted molar refractivity (Wildman–Crippen MR) is 112 cm³/mol. The first-order valence-electron chi connectivity index (χ1n) is 9.13. The number of halogens is 1. The standard InChI is InChI=1S/C21H25BrN2O4/c1-3-4-10-28-18-9-8-15(11-19(18)27-2)13-23-20(25)14-24-21(26)16-6-5-7-17(22)12-16/h5-9,11-12H,3-4,10,13-14H2,1-2H3,(H,23,25)(H,24,26). The van der Waals surface area contributed by atoms with E-state index in [1.165, 1.54) is 0 Å². The van der Waals surface area contributed by atoms with Gasteiger partial charge in [-0.2, -0.15) is 0 Å². The Labute approximate surface area is 173 Å². The minimum Gasteiger partial charge on any atom is -0.493 e. The summed E-state index contributed by atoms with van der Waals surface area (Å²) in [5.74, 6) is 0.746. The van der Waals surface area contributed by atoms with Crippen molar-refractivity contribution in [2.24, 2.45) is 0 Å². The third kappa shape index (κ3) is 6.88. The second kappa shape index (κ2) is 11.3. The molecule has 0 saturated heterocycles. The van der Waals surface area contributed by atoms with E-state index in [9.17, 15) is 9.59 Å². The van der Waals surface area contributed by atoms with Gasteiger partial charge in [0.05, 0.1) is 20.3 Å². The van der Waals surface area contributed by atoms with Crippen LogP contribution in [0.4, 0.5) is 0 Å². The average Bonchev–Trinajstić information content (AvgIpc) is 2.71. The first-order chi connectivity index (χ1) is 13.5. The van der Waals surface area contributed by atoms with E-state index in [1.807, 2.05) is 24.3 Å². The van der Waals surface area contributed by atoms with E-state index in [1.54, 1.807) is 25.3 Å². The molecule has 2 N–H and O–H groups in total. The first-order valence-corrected chi connectivity index (χ1v) is 9.93. The Bertz CT molecular complexity index is 811. The number of carbonyl (C=O) groups excluding carboxylic acids is 2. The van der Waals surface area contributed by atoms with Crippen LogP contribution < -0.4 is 20.1 Å². The zero-order valence-electron chi connectivity index (χ0n) is 16.1. The van der Waals surface area contributed by atoms with Crippen molar-refractivity contribution >= 4 is 27.7 Å². The Morgan fingerprint density at radius 2 is 1.89 bits per heavy atom. The molecular formula is C21H25BrN2O4. The van der Waals surface area contributed by atoms with Crippen LogP contribution in [0.1, 0.15) is 35.7 Å². The Morgan fingerprint density at radius 3 is 2.61 bits per heavy atom. The van der Waals surface area contributed by atoms with Gasteiger partial charge in [-0.15, -0.1) is 0 Å². The van der Waals surface area contributed by atoms with E-state index in [0.717, 1.165) is 22.9 Å². The molecule has 28 heavy (non-hydrogen) atoms. The number of benzene rings is 2. The number of amides is 2. The van der Waals surface area contributed by atoms with Crippen molar-refractivity contribution in [3.8, 4) is 11.5 Å². The van der Waals surface area contributed by atoms with Crippen molar-refractivity contribution < 1.29 is 19.1 Å². The number of hydrogen-bond donors (Lipinski definition) is 2. The molecule has 0 heterocycles. The number of rotatable bonds is 10. The molecule has 0 spiro atoms. The molecule has 0 aliphatic rings. The van der Waals surface area contributed by atoms with Crippen molar-refractivity contribution in [2.45, 2.75) is 26.3 Å². The summed E-state index contributed by atoms with van der Waals surface area (Å²) in [6.07, 6.45) is 2.04. The van der Waals surface area contributed by atoms with Gasteiger partial charge in [-0.1, -0.05) is 41.4 Å². The van der Waals surface area contributed by atoms with Crippen LogP contribution in [0, 0.1) is 0 Å². The van der Waals surface area contributed by atoms with Crippen molar-refractivity contribution in [3.63, 3.8) is 0 Å². The van der Waals surface area contributed by atoms with E-state index >= 15 is 0 Å². The van der Waals surface area contributed by atoms with Gasteiger partial charge >= 0.3 is 0 Å². The van der Waals surface area contributed by atoms with Crippen LogP contribution in [0.15, 0.2) is 46.9 Å². The Kier molecular flexibility index (Phi) is 8.81. The molecule has 0 aromatic heterocycles. The predicted octanol–water partition coefficient (Wildman–Crippen LogP) is 3.68. The molecule has 6 nitrogen and oxygen atoms in total. The molecular weight excluding hydrogens is 424 g/mol. The largest absolute Gasteiger partial charge is 0.493 e. The molecule has 0 unspecified atom stereocenters. The molecule has 0 fully saturated rings. The average molecular weight is 449 g/mol. The highest BCUT2D eigenvalue weighted by Gasteiger charge is 2.10. The molecule has 0 atom stereocenters. The van der Waals surface area contributed by atoms with Gasteiger partial charge in [0.2, 0.25) is 5.91 Å². The number of ether oxygens (including phenoxy) is 2. The molecule has 2 amide bonds. The zero-order valence-corrected chi connectivity index (χ0v) is 17.7. The lowest BCUT2D eigenvalue weighted by molar-refractivity contribution is -0.120. The maximum absolute atomic E-state index is 12.1. The Balaban J connectivity index is 1.82. The normalized spacial score (nSPS) is 10.2. The summed E-state index contributed by atoms with van der Waals surface area (Å²) >= 11 is 3.32. The number of unbranched alkanes of at least 4 members (excludes halogenated alkanes) is 1. The quantitative estimate of drug-likeness (QED) is 0.543. The number of carbonyl (C=O) groups is 2. The SMILES string of the molecule is CCCCOc1ccc(CNC(=O)CNC(=O)c2cccc(Br)c2)cc1OC. The van der Waals surface area contributed by atoms with E-state index in [0.29, 0.717) is 30.2 Å². The smallest absolute Gasteiger partial charge is 0.251 e. The monoisotopic (exact) mass is 448 g/mol. The molecule has 0 bridgehead atoms. The lowest BCUT2D eigenvalue weighted by atomic mass is 10.2. The van der Waals surface area contributed by atoms with Gasteiger partial charge in [-0.05, 0) is 42.3 Å². The lowest BCUT2D eigenvalue weighted by Gasteiger charge is -2.12. The highest BCUT2D eigenvalue weighted by molar-refractivity contribution is 9.10. The van der Waals surface area contributed by atoms with Gasteiger partial charge in [-0.3, -0.25) is 9.59 Å². The Morgan fingerprint density at radius 1 is 1.07 bits per heavy atom. The summed E-state index contributed by atoms with van der Waals surface area (Å²) in [5.41, 5.74) is 1.37. The van der Waals surface area contributed by atoms with Crippen LogP contribution in [-0.2, 0) is 11.3 Å². The van der Waals surface area contributed by atoms with Crippen LogP contribution in [0.25, 0.3) is 0 Å². The minimum absolute atomic E-state index is 0.0965. The summed E-state index contributed by atoms with van der Waals surface area (Å²) in [7, 11) is 1.59. The molecule has 7 heteroatoms. The number of methoxy groups -OCH3 is 1. The third-order valence-electron chi connectivity index (χ3n) is 3.97. The molecule has 2 aromatic rings. The molecule has 2 rings (SSSR count). The molecule has 0 aliphatic heterocycles. The van der Waals surface area contributed by atoms with Crippen molar-refractivity contribution in [1.82, 2.24) is 10.6 Å². The third-order valence-corrected chi connectivity index (χ3v) is 4.46. The maximum Gasteiger partial charge on any atom is 0.251 e. The van der Waals surface area contributed by atoms with Crippen LogP contribution in [0.5, 0.6) is 11.5 Å². The second-order valence-corrected chi connectivity index (χ2v) is 7.07. The summed E-state index contributed by atoms with van der Waals surface area (Å²) in [5, 5.41) is 5.39. The van der Waals surface area contributed by atoms with Gasteiger partial charge < -0.3 is 20.1 Å². The molecule has 150 valence electrons. The van der Waals surface area contributed by atoms with Gasteiger partial charge in [0.15, 0.2) is 11.5 Å². The summed E-state index contributed by atoms with van der Waals surface area (Å²) in [6, 6.07) is 12.5. The van der Waals surface area contributed by atoms with E-state index in [4.69, 9.17) is 9.47 Å². The summed E-state index contributed by atoms with van der Waals surface area (Å²) in [4.78, 5) is 24.1. The fourth-order valence-corrected chi connectivity index (χ4v) is 2.82. The molecule has 0 saturated carbocycles. The molecule has 2 aromatic carbocycles. The highest BCUT2D eigenvalue weighted by Crippen LogP contribution is 2.28. The second-order valence-electron chi connectivity index (χ2n) is 6.16. The first kappa shape index (κ1) is 21.8. The summed E-state index contributed by atoms with van der Waals surface area (Å²) in [6.45, 7) is 2.98. The molecule has 0 radical (unpaired) electrons. The van der Waals surface area contributed by atoms with Crippen molar-refractivity contribution in [3.05, 3.63) is 58.1 Å². The minimum atomic E-state index is -0.299. The van der Waals surface area contributed by atoms with Gasteiger partial charge in [-0.25, -0.2) is 0 Å². The topological polar surface area (TPSA) is 76.7 Å². The number of hydrogen-bond acceptors (Lipinski definition) is 4. The van der Waals surface area contributed by atoms with E-state index < -0.39 is 0 Å². The van der Waals surface area contributed by atoms with Gasteiger partial charge in [0.25, 0.3) is 5.91 Å². The summed E-state index contributed by atoms with van der Waals surface area (Å²) < 4.78 is 11.9. The Hall–Kier alpha value is -2.54. The molecule has 0 aliphatic carbocycles. The zero-order chi connectivity index (χ0) is 20.4. The van der Waals surface area contributed by atoms with Crippen molar-refractivity contribution in [2.75, 3.05) is 20.3 Å². The lowest BCUT2D eigenvalue weighted by Crippen LogP contribution is -2.36. The fourth-order valence-electron chi connectivity index (χ4n) is 2.42. The maximum atomic E-state index is 12.1. The highest BCUT2D eigenvalue weighted by atomic mass is 79.9.